The van der Waals surface area contributed by atoms with Crippen LogP contribution >= 0.6 is 0 Å². The molecule has 4 rings (SSSR count). The normalized spacial score (nSPS) is 19.6. The van der Waals surface area contributed by atoms with Gasteiger partial charge in [0.15, 0.2) is 5.65 Å². The minimum absolute atomic E-state index is 0.0221. The minimum Gasteiger partial charge on any atom is -0.491 e. The summed E-state index contributed by atoms with van der Waals surface area (Å²) in [5.74, 6) is 3.99. The second-order valence-electron chi connectivity index (χ2n) is 6.11. The van der Waals surface area contributed by atoms with E-state index in [9.17, 15) is 0 Å². The van der Waals surface area contributed by atoms with Crippen LogP contribution in [0.1, 0.15) is 6.42 Å². The zero-order chi connectivity index (χ0) is 17.8. The van der Waals surface area contributed by atoms with Gasteiger partial charge in [-0.05, 0) is 18.6 Å². The molecule has 1 aliphatic rings. The molecule has 1 N–H and O–H groups in total. The molecule has 26 heavy (non-hydrogen) atoms. The van der Waals surface area contributed by atoms with Crippen LogP contribution in [0.4, 0.5) is 5.95 Å². The average molecular weight is 349 g/mol. The summed E-state index contributed by atoms with van der Waals surface area (Å²) in [5.41, 5.74) is 1.45. The third-order valence-electron chi connectivity index (χ3n) is 4.38. The molecule has 132 valence electrons. The highest BCUT2D eigenvalue weighted by molar-refractivity contribution is 5.70. The van der Waals surface area contributed by atoms with Crippen LogP contribution in [-0.4, -0.2) is 51.8 Å². The first-order valence-corrected chi connectivity index (χ1v) is 8.49. The number of H-pyrrole nitrogens is 1. The van der Waals surface area contributed by atoms with Crippen LogP contribution in [0.5, 0.6) is 5.75 Å². The zero-order valence-electron chi connectivity index (χ0n) is 14.2. The highest BCUT2D eigenvalue weighted by Crippen LogP contribution is 2.26. The van der Waals surface area contributed by atoms with Crippen LogP contribution in [-0.2, 0) is 4.74 Å². The van der Waals surface area contributed by atoms with Gasteiger partial charge in [0, 0.05) is 6.54 Å². The molecule has 7 heteroatoms. The highest BCUT2D eigenvalue weighted by Gasteiger charge is 2.35. The van der Waals surface area contributed by atoms with Crippen LogP contribution in [0, 0.1) is 12.3 Å². The number of nitrogens with one attached hydrogen (secondary N) is 1. The molecule has 7 nitrogen and oxygen atoms in total. The fourth-order valence-electron chi connectivity index (χ4n) is 3.14. The van der Waals surface area contributed by atoms with Crippen molar-refractivity contribution in [2.24, 2.45) is 0 Å². The smallest absolute Gasteiger partial charge is 0.227 e. The summed E-state index contributed by atoms with van der Waals surface area (Å²) in [6.07, 6.45) is 9.51. The maximum absolute atomic E-state index is 5.95. The second-order valence-corrected chi connectivity index (χ2v) is 6.11. The number of terminal acetylenes is 1. The summed E-state index contributed by atoms with van der Waals surface area (Å²) < 4.78 is 11.7. The second kappa shape index (κ2) is 7.42. The Labute approximate surface area is 151 Å². The van der Waals surface area contributed by atoms with Gasteiger partial charge in [0.1, 0.15) is 24.5 Å². The van der Waals surface area contributed by atoms with Crippen LogP contribution in [0.25, 0.3) is 11.2 Å². The molecule has 1 aromatic carbocycles. The highest BCUT2D eigenvalue weighted by atomic mass is 16.5. The lowest BCUT2D eigenvalue weighted by Gasteiger charge is -2.24. The monoisotopic (exact) mass is 349 g/mol. The van der Waals surface area contributed by atoms with Gasteiger partial charge < -0.3 is 19.4 Å². The summed E-state index contributed by atoms with van der Waals surface area (Å²) in [4.78, 5) is 18.4. The van der Waals surface area contributed by atoms with E-state index in [0.29, 0.717) is 31.4 Å². The van der Waals surface area contributed by atoms with Crippen LogP contribution < -0.4 is 9.64 Å². The topological polar surface area (TPSA) is 76.2 Å². The van der Waals surface area contributed by atoms with Crippen molar-refractivity contribution in [3.63, 3.8) is 0 Å². The van der Waals surface area contributed by atoms with Gasteiger partial charge in [-0.2, -0.15) is 4.98 Å². The molecule has 1 saturated heterocycles. The van der Waals surface area contributed by atoms with E-state index >= 15 is 0 Å². The Morgan fingerprint density at radius 1 is 1.27 bits per heavy atom. The van der Waals surface area contributed by atoms with Gasteiger partial charge in [-0.25, -0.2) is 9.97 Å². The third kappa shape index (κ3) is 3.46. The number of hydrogen-bond acceptors (Lipinski definition) is 6. The van der Waals surface area contributed by atoms with Crippen molar-refractivity contribution >= 4 is 17.1 Å². The lowest BCUT2D eigenvalue weighted by molar-refractivity contribution is 0.0903. The maximum Gasteiger partial charge on any atom is 0.227 e. The number of imidazole rings is 1. The fourth-order valence-corrected chi connectivity index (χ4v) is 3.14. The van der Waals surface area contributed by atoms with Crippen molar-refractivity contribution in [2.75, 3.05) is 24.7 Å². The maximum atomic E-state index is 5.95. The molecule has 0 saturated carbocycles. The third-order valence-corrected chi connectivity index (χ3v) is 4.38. The standard InChI is InChI=1S/C19H19N5O2/c1-2-8-25-16-9-14(12-26-15-6-4-3-5-7-15)24(11-16)19-20-10-17-18(23-19)22-13-21-17/h1,3-7,10,13-14,16H,8-9,11-12H2,(H,20,21,22,23)/t14-,16+/m1/s1. The molecule has 0 bridgehead atoms. The molecule has 3 aromatic rings. The summed E-state index contributed by atoms with van der Waals surface area (Å²) in [6, 6.07) is 9.85. The number of rotatable bonds is 6. The number of hydrogen-bond donors (Lipinski definition) is 1. The van der Waals surface area contributed by atoms with E-state index in [-0.39, 0.29) is 12.1 Å². The predicted molar refractivity (Wildman–Crippen MR) is 97.9 cm³/mol. The first-order chi connectivity index (χ1) is 12.8. The Bertz CT molecular complexity index is 905. The number of nitrogens with zero attached hydrogens (tertiary/aromatic N) is 4. The number of para-hydroxylation sites is 1. The van der Waals surface area contributed by atoms with E-state index in [0.717, 1.165) is 17.7 Å². The van der Waals surface area contributed by atoms with Gasteiger partial charge in [0.2, 0.25) is 5.95 Å². The van der Waals surface area contributed by atoms with Crippen molar-refractivity contribution in [3.8, 4) is 18.1 Å². The Balaban J connectivity index is 1.53. The molecular weight excluding hydrogens is 330 g/mol. The SMILES string of the molecule is C#CCO[C@H]1C[C@H](COc2ccccc2)N(c2ncc3[nH]cnc3n2)C1. The van der Waals surface area contributed by atoms with Gasteiger partial charge in [0.05, 0.1) is 24.7 Å². The Kier molecular flexibility index (Phi) is 4.67. The lowest BCUT2D eigenvalue weighted by atomic mass is 10.2. The Morgan fingerprint density at radius 2 is 2.15 bits per heavy atom. The molecule has 0 spiro atoms. The largest absolute Gasteiger partial charge is 0.491 e. The van der Waals surface area contributed by atoms with Crippen molar-refractivity contribution in [1.29, 1.82) is 0 Å². The molecule has 0 unspecified atom stereocenters. The van der Waals surface area contributed by atoms with E-state index in [2.05, 4.69) is 30.8 Å². The van der Waals surface area contributed by atoms with E-state index < -0.39 is 0 Å². The first-order valence-electron chi connectivity index (χ1n) is 8.49. The van der Waals surface area contributed by atoms with Crippen LogP contribution in [0.3, 0.4) is 0 Å². The fraction of sp³-hybridized carbons (Fsp3) is 0.316. The van der Waals surface area contributed by atoms with Gasteiger partial charge in [-0.3, -0.25) is 0 Å². The minimum atomic E-state index is 0.0221. The number of anilines is 1. The van der Waals surface area contributed by atoms with Crippen molar-refractivity contribution in [3.05, 3.63) is 42.9 Å². The van der Waals surface area contributed by atoms with Crippen molar-refractivity contribution in [2.45, 2.75) is 18.6 Å². The summed E-state index contributed by atoms with van der Waals surface area (Å²) >= 11 is 0. The molecule has 2 aromatic heterocycles. The molecule has 0 amide bonds. The van der Waals surface area contributed by atoms with Gasteiger partial charge in [-0.15, -0.1) is 6.42 Å². The van der Waals surface area contributed by atoms with Gasteiger partial charge in [-0.1, -0.05) is 24.1 Å². The summed E-state index contributed by atoms with van der Waals surface area (Å²) in [7, 11) is 0. The van der Waals surface area contributed by atoms with E-state index in [1.165, 1.54) is 0 Å². The summed E-state index contributed by atoms with van der Waals surface area (Å²) in [5, 5.41) is 0. The number of aromatic amines is 1. The van der Waals surface area contributed by atoms with E-state index in [1.54, 1.807) is 12.5 Å². The van der Waals surface area contributed by atoms with E-state index in [4.69, 9.17) is 15.9 Å². The lowest BCUT2D eigenvalue weighted by Crippen LogP contribution is -2.35. The number of ether oxygens (including phenoxy) is 2. The van der Waals surface area contributed by atoms with Crippen LogP contribution in [0.15, 0.2) is 42.9 Å². The summed E-state index contributed by atoms with van der Waals surface area (Å²) in [6.45, 7) is 1.48. The first kappa shape index (κ1) is 16.4. The molecule has 1 fully saturated rings. The van der Waals surface area contributed by atoms with Gasteiger partial charge >= 0.3 is 0 Å². The number of aromatic nitrogens is 4. The Hall–Kier alpha value is -3.11. The van der Waals surface area contributed by atoms with Crippen molar-refractivity contribution in [1.82, 2.24) is 19.9 Å². The van der Waals surface area contributed by atoms with Crippen molar-refractivity contribution < 1.29 is 9.47 Å². The molecule has 1 aliphatic heterocycles. The predicted octanol–water partition coefficient (Wildman–Crippen LogP) is 2.03. The van der Waals surface area contributed by atoms with Gasteiger partial charge in [0.25, 0.3) is 0 Å². The molecule has 3 heterocycles. The van der Waals surface area contributed by atoms with E-state index in [1.807, 2.05) is 30.3 Å². The zero-order valence-corrected chi connectivity index (χ0v) is 14.2. The van der Waals surface area contributed by atoms with Crippen LogP contribution in [0.2, 0.25) is 0 Å². The number of benzene rings is 1. The number of fused-ring (bicyclic) bond motifs is 1. The molecule has 0 aliphatic carbocycles. The molecule has 0 radical (unpaired) electrons. The molecular formula is C19H19N5O2. The Morgan fingerprint density at radius 3 is 3.00 bits per heavy atom. The average Bonchev–Trinajstić information content (AvgIpc) is 3.31. The quantitative estimate of drug-likeness (QED) is 0.686. The molecule has 2 atom stereocenters.